The zero-order valence-electron chi connectivity index (χ0n) is 13.5. The van der Waals surface area contributed by atoms with E-state index >= 15 is 0 Å². The monoisotopic (exact) mass is 278 g/mol. The van der Waals surface area contributed by atoms with E-state index in [-0.39, 0.29) is 10.8 Å². The molecule has 1 N–H and O–H groups in total. The predicted molar refractivity (Wildman–Crippen MR) is 82.4 cm³/mol. The molecule has 2 heteroatoms. The average Bonchev–Trinajstić information content (AvgIpc) is 2.39. The molecule has 0 aromatic heterocycles. The molecule has 0 aromatic carbocycles. The largest absolute Gasteiger partial charge is 0.396 e. The van der Waals surface area contributed by atoms with Gasteiger partial charge in [-0.05, 0) is 60.8 Å². The van der Waals surface area contributed by atoms with E-state index in [1.807, 2.05) is 6.08 Å². The molecule has 0 unspecified atom stereocenters. The van der Waals surface area contributed by atoms with Crippen LogP contribution < -0.4 is 0 Å². The van der Waals surface area contributed by atoms with Gasteiger partial charge >= 0.3 is 0 Å². The quantitative estimate of drug-likeness (QED) is 0.839. The molecule has 0 radical (unpaired) electrons. The van der Waals surface area contributed by atoms with Crippen molar-refractivity contribution < 1.29 is 9.90 Å². The van der Waals surface area contributed by atoms with E-state index in [1.165, 1.54) is 12.0 Å². The van der Waals surface area contributed by atoms with Crippen LogP contribution in [0.2, 0.25) is 0 Å². The summed E-state index contributed by atoms with van der Waals surface area (Å²) >= 11 is 0. The van der Waals surface area contributed by atoms with Gasteiger partial charge in [0, 0.05) is 13.0 Å². The number of hydrogen-bond acceptors (Lipinski definition) is 2. The van der Waals surface area contributed by atoms with Crippen molar-refractivity contribution in [3.63, 3.8) is 0 Å². The van der Waals surface area contributed by atoms with Gasteiger partial charge in [-0.3, -0.25) is 4.79 Å². The van der Waals surface area contributed by atoms with Gasteiger partial charge in [0.2, 0.25) is 0 Å². The first kappa shape index (κ1) is 15.8. The highest BCUT2D eigenvalue weighted by molar-refractivity contribution is 5.91. The molecule has 2 aliphatic carbocycles. The summed E-state index contributed by atoms with van der Waals surface area (Å²) in [6.07, 6.45) is 7.94. The molecule has 0 amide bonds. The Balaban J connectivity index is 2.21. The lowest BCUT2D eigenvalue weighted by Gasteiger charge is -2.53. The number of carbonyl (C=O) groups is 1. The van der Waals surface area contributed by atoms with E-state index < -0.39 is 0 Å². The first-order valence-electron chi connectivity index (χ1n) is 8.16. The van der Waals surface area contributed by atoms with Gasteiger partial charge in [0.05, 0.1) is 0 Å². The number of fused-ring (bicyclic) bond motifs is 1. The fraction of sp³-hybridized carbons (Fsp3) is 0.833. The first-order chi connectivity index (χ1) is 9.31. The second-order valence-electron chi connectivity index (χ2n) is 7.80. The predicted octanol–water partition coefficient (Wildman–Crippen LogP) is 4.13. The third kappa shape index (κ3) is 2.72. The lowest BCUT2D eigenvalue weighted by Crippen LogP contribution is -2.44. The molecule has 20 heavy (non-hydrogen) atoms. The maximum absolute atomic E-state index is 11.7. The van der Waals surface area contributed by atoms with Gasteiger partial charge in [-0.2, -0.15) is 0 Å². The van der Waals surface area contributed by atoms with Crippen LogP contribution in [0.15, 0.2) is 11.6 Å². The number of ketones is 1. The zero-order chi connectivity index (χ0) is 15.0. The van der Waals surface area contributed by atoms with E-state index in [4.69, 9.17) is 5.11 Å². The molecule has 1 fully saturated rings. The number of allylic oxidation sites excluding steroid dienone is 2. The summed E-state index contributed by atoms with van der Waals surface area (Å²) in [5, 5.41) is 9.11. The third-order valence-corrected chi connectivity index (χ3v) is 6.28. The number of carbonyl (C=O) groups excluding carboxylic acids is 1. The molecule has 1 saturated carbocycles. The van der Waals surface area contributed by atoms with Crippen molar-refractivity contribution in [2.45, 2.75) is 66.2 Å². The topological polar surface area (TPSA) is 37.3 Å². The Bertz CT molecular complexity index is 408. The van der Waals surface area contributed by atoms with Crippen molar-refractivity contribution in [2.75, 3.05) is 6.61 Å². The average molecular weight is 278 g/mol. The summed E-state index contributed by atoms with van der Waals surface area (Å²) in [5.41, 5.74) is 1.89. The van der Waals surface area contributed by atoms with E-state index in [2.05, 4.69) is 27.7 Å². The Morgan fingerprint density at radius 1 is 1.40 bits per heavy atom. The highest BCUT2D eigenvalue weighted by Gasteiger charge is 2.48. The molecule has 2 rings (SSSR count). The second kappa shape index (κ2) is 5.63. The normalized spacial score (nSPS) is 34.6. The van der Waals surface area contributed by atoms with Gasteiger partial charge in [0.15, 0.2) is 5.78 Å². The lowest BCUT2D eigenvalue weighted by atomic mass is 9.52. The minimum absolute atomic E-state index is 0.216. The van der Waals surface area contributed by atoms with Gasteiger partial charge in [-0.25, -0.2) is 0 Å². The fourth-order valence-electron chi connectivity index (χ4n) is 4.65. The molecule has 2 aliphatic rings. The van der Waals surface area contributed by atoms with E-state index in [0.717, 1.165) is 25.7 Å². The van der Waals surface area contributed by atoms with Crippen molar-refractivity contribution >= 4 is 5.78 Å². The molecule has 0 aliphatic heterocycles. The summed E-state index contributed by atoms with van der Waals surface area (Å²) in [6, 6.07) is 0. The Morgan fingerprint density at radius 3 is 2.75 bits per heavy atom. The highest BCUT2D eigenvalue weighted by Crippen LogP contribution is 2.57. The van der Waals surface area contributed by atoms with Gasteiger partial charge < -0.3 is 5.11 Å². The molecule has 0 aromatic rings. The van der Waals surface area contributed by atoms with Crippen LogP contribution in [0.5, 0.6) is 0 Å². The molecular formula is C18H30O2. The molecule has 0 heterocycles. The maximum atomic E-state index is 11.7. The standard InChI is InChI=1S/C18H30O2/c1-13-16(17(2,3)9-5-11-19)7-6-14-12-15(20)8-10-18(13,14)4/h12-13,16,19H,5-11H2,1-4H3/t13-,16-,18-/m1/s1. The third-order valence-electron chi connectivity index (χ3n) is 6.28. The Hall–Kier alpha value is -0.630. The van der Waals surface area contributed by atoms with Crippen LogP contribution in [-0.4, -0.2) is 17.5 Å². The van der Waals surface area contributed by atoms with Crippen LogP contribution in [0.3, 0.4) is 0 Å². The minimum Gasteiger partial charge on any atom is -0.396 e. The Morgan fingerprint density at radius 2 is 2.10 bits per heavy atom. The van der Waals surface area contributed by atoms with Crippen LogP contribution in [0.4, 0.5) is 0 Å². The van der Waals surface area contributed by atoms with Gasteiger partial charge in [-0.1, -0.05) is 33.3 Å². The molecule has 0 saturated heterocycles. The fourth-order valence-corrected chi connectivity index (χ4v) is 4.65. The lowest BCUT2D eigenvalue weighted by molar-refractivity contribution is -0.116. The summed E-state index contributed by atoms with van der Waals surface area (Å²) in [7, 11) is 0. The van der Waals surface area contributed by atoms with E-state index in [0.29, 0.717) is 30.6 Å². The zero-order valence-corrected chi connectivity index (χ0v) is 13.5. The first-order valence-corrected chi connectivity index (χ1v) is 8.16. The van der Waals surface area contributed by atoms with Crippen molar-refractivity contribution in [3.8, 4) is 0 Å². The van der Waals surface area contributed by atoms with Crippen LogP contribution in [0.1, 0.15) is 66.2 Å². The number of aliphatic hydroxyl groups is 1. The van der Waals surface area contributed by atoms with Crippen LogP contribution >= 0.6 is 0 Å². The molecule has 0 bridgehead atoms. The molecule has 3 atom stereocenters. The summed E-state index contributed by atoms with van der Waals surface area (Å²) in [6.45, 7) is 9.76. The van der Waals surface area contributed by atoms with E-state index in [9.17, 15) is 4.79 Å². The Kier molecular flexibility index (Phi) is 4.44. The smallest absolute Gasteiger partial charge is 0.155 e. The minimum atomic E-state index is 0.216. The highest BCUT2D eigenvalue weighted by atomic mass is 16.2. The summed E-state index contributed by atoms with van der Waals surface area (Å²) in [4.78, 5) is 11.7. The van der Waals surface area contributed by atoms with E-state index in [1.54, 1.807) is 0 Å². The number of aliphatic hydroxyl groups excluding tert-OH is 1. The van der Waals surface area contributed by atoms with Crippen molar-refractivity contribution in [2.24, 2.45) is 22.7 Å². The molecule has 114 valence electrons. The second-order valence-corrected chi connectivity index (χ2v) is 7.80. The van der Waals surface area contributed by atoms with Crippen molar-refractivity contribution in [3.05, 3.63) is 11.6 Å². The molecule has 2 nitrogen and oxygen atoms in total. The molecular weight excluding hydrogens is 248 g/mol. The van der Waals surface area contributed by atoms with Crippen LogP contribution in [0, 0.1) is 22.7 Å². The van der Waals surface area contributed by atoms with Crippen molar-refractivity contribution in [1.29, 1.82) is 0 Å². The van der Waals surface area contributed by atoms with Crippen LogP contribution in [0.25, 0.3) is 0 Å². The summed E-state index contributed by atoms with van der Waals surface area (Å²) < 4.78 is 0. The summed E-state index contributed by atoms with van der Waals surface area (Å²) in [5.74, 6) is 1.62. The SMILES string of the molecule is C[C@@H]1[C@H](C(C)(C)CCCO)CCC2=CC(=O)CC[C@@]21C. The van der Waals surface area contributed by atoms with Crippen molar-refractivity contribution in [1.82, 2.24) is 0 Å². The van der Waals surface area contributed by atoms with Crippen LogP contribution in [-0.2, 0) is 4.79 Å². The van der Waals surface area contributed by atoms with Gasteiger partial charge in [0.1, 0.15) is 0 Å². The number of hydrogen-bond donors (Lipinski definition) is 1. The maximum Gasteiger partial charge on any atom is 0.155 e. The van der Waals surface area contributed by atoms with Gasteiger partial charge in [0.25, 0.3) is 0 Å². The van der Waals surface area contributed by atoms with Gasteiger partial charge in [-0.15, -0.1) is 0 Å². The number of rotatable bonds is 4. The Labute approximate surface area is 123 Å². The molecule has 0 spiro atoms.